The minimum atomic E-state index is -5.19. The van der Waals surface area contributed by atoms with Crippen LogP contribution < -0.4 is 0 Å². The highest BCUT2D eigenvalue weighted by Crippen LogP contribution is 2.37. The van der Waals surface area contributed by atoms with Gasteiger partial charge in [0.1, 0.15) is 85.5 Å². The van der Waals surface area contributed by atoms with Crippen LogP contribution in [0.1, 0.15) is 13.8 Å². The number of rotatable bonds is 28. The van der Waals surface area contributed by atoms with Crippen molar-refractivity contribution in [3.8, 4) is 0 Å². The van der Waals surface area contributed by atoms with Crippen LogP contribution in [0.25, 0.3) is 0 Å². The fourth-order valence-electron chi connectivity index (χ4n) is 10.9. The largest absolute Gasteiger partial charge is 0.479 e. The molecule has 36 nitrogen and oxygen atoms in total. The molecule has 0 aromatic heterocycles. The first-order chi connectivity index (χ1) is 39.4. The van der Waals surface area contributed by atoms with E-state index in [1.165, 1.54) is 13.8 Å². The monoisotopic (exact) mass is 1270 g/mol. The lowest BCUT2D eigenvalue weighted by atomic mass is 9.79. The maximum Gasteiger partial charge on any atom is 0.397 e. The van der Waals surface area contributed by atoms with Crippen molar-refractivity contribution >= 4 is 32.7 Å². The van der Waals surface area contributed by atoms with Crippen molar-refractivity contribution < 1.29 is 173 Å². The Bertz CT molecular complexity index is 2350. The molecule has 17 N–H and O–H groups in total. The van der Waals surface area contributed by atoms with E-state index in [2.05, 4.69) is 8.37 Å². The highest BCUT2D eigenvalue weighted by atomic mass is 32.3. The Labute approximate surface area is 479 Å². The zero-order chi connectivity index (χ0) is 62.3. The van der Waals surface area contributed by atoms with Gasteiger partial charge in [0.05, 0.1) is 116 Å². The van der Waals surface area contributed by atoms with E-state index >= 15 is 0 Å². The Morgan fingerprint density at radius 2 is 0.845 bits per heavy atom. The summed E-state index contributed by atoms with van der Waals surface area (Å²) in [6, 6.07) is 0. The molecule has 6 heterocycles. The predicted octanol–water partition coefficient (Wildman–Crippen LogP) is -9.60. The van der Waals surface area contributed by atoms with Crippen molar-refractivity contribution in [2.75, 3.05) is 79.3 Å². The maximum absolute atomic E-state index is 12.7. The molecule has 0 saturated carbocycles. The summed E-state index contributed by atoms with van der Waals surface area (Å²) in [5.74, 6) is -10.1. The summed E-state index contributed by atoms with van der Waals surface area (Å²) in [7, 11) is -10.3. The van der Waals surface area contributed by atoms with Gasteiger partial charge in [0.2, 0.25) is 5.76 Å². The van der Waals surface area contributed by atoms with Crippen LogP contribution in [0.3, 0.4) is 0 Å². The van der Waals surface area contributed by atoms with Gasteiger partial charge in [-0.25, -0.2) is 18.0 Å². The number of aliphatic hydroxyl groups excluding tert-OH is 13. The highest BCUT2D eigenvalue weighted by molar-refractivity contribution is 7.81. The Morgan fingerprint density at radius 3 is 1.30 bits per heavy atom. The van der Waals surface area contributed by atoms with Crippen molar-refractivity contribution in [2.45, 2.75) is 154 Å². The molecule has 23 unspecified atom stereocenters. The van der Waals surface area contributed by atoms with Crippen LogP contribution in [0, 0.1) is 29.6 Å². The Balaban J connectivity index is 1.10. The first-order valence-corrected chi connectivity index (χ1v) is 29.1. The second-order valence-electron chi connectivity index (χ2n) is 21.2. The van der Waals surface area contributed by atoms with Gasteiger partial charge in [-0.05, 0) is 19.9 Å². The van der Waals surface area contributed by atoms with Crippen molar-refractivity contribution in [1.82, 2.24) is 0 Å². The molecule has 0 bridgehead atoms. The Hall–Kier alpha value is -2.70. The quantitative estimate of drug-likeness (QED) is 0.0324. The van der Waals surface area contributed by atoms with E-state index in [0.29, 0.717) is 0 Å². The topological polar surface area (TPSA) is 566 Å². The Morgan fingerprint density at radius 1 is 0.440 bits per heavy atom. The molecular formula is C46H76O36S2. The van der Waals surface area contributed by atoms with E-state index in [4.69, 9.17) is 56.7 Å². The van der Waals surface area contributed by atoms with E-state index in [0.717, 1.165) is 6.08 Å². The third-order valence-electron chi connectivity index (χ3n) is 15.5. The van der Waals surface area contributed by atoms with Gasteiger partial charge in [-0.3, -0.25) is 9.11 Å². The van der Waals surface area contributed by atoms with Gasteiger partial charge in [-0.1, -0.05) is 0 Å². The molecule has 5 saturated heterocycles. The molecule has 6 aliphatic heterocycles. The third kappa shape index (κ3) is 17.8. The smallest absolute Gasteiger partial charge is 0.397 e. The zero-order valence-corrected chi connectivity index (χ0v) is 46.5. The van der Waals surface area contributed by atoms with Crippen LogP contribution in [0.5, 0.6) is 0 Å². The van der Waals surface area contributed by atoms with E-state index < -0.39 is 288 Å². The third-order valence-corrected chi connectivity index (χ3v) is 16.5. The highest BCUT2D eigenvalue weighted by Gasteiger charge is 2.52. The summed E-state index contributed by atoms with van der Waals surface area (Å²) >= 11 is 0. The molecule has 0 aliphatic carbocycles. The molecule has 0 aromatic rings. The van der Waals surface area contributed by atoms with Gasteiger partial charge in [0.25, 0.3) is 0 Å². The molecule has 38 heteroatoms. The van der Waals surface area contributed by atoms with Gasteiger partial charge in [-0.2, -0.15) is 16.8 Å². The van der Waals surface area contributed by atoms with Crippen molar-refractivity contribution in [3.05, 3.63) is 11.8 Å². The van der Waals surface area contributed by atoms with Gasteiger partial charge in [-0.15, -0.1) is 0 Å². The zero-order valence-electron chi connectivity index (χ0n) is 44.9. The lowest BCUT2D eigenvalue weighted by Crippen LogP contribution is -2.60. The van der Waals surface area contributed by atoms with E-state index in [9.17, 15) is 108 Å². The molecule has 6 aliphatic rings. The van der Waals surface area contributed by atoms with E-state index in [-0.39, 0.29) is 0 Å². The van der Waals surface area contributed by atoms with Crippen LogP contribution in [-0.4, -0.2) is 334 Å². The summed E-state index contributed by atoms with van der Waals surface area (Å²) in [5, 5.41) is 159. The number of aliphatic hydroxyl groups is 13. The SMILES string of the molecule is CC1OC(COCC2C(COCC3OC(C(=O)O)[C@H](COCC4OC(CO)[C@H](O)C(COCC5OC(C)[C@H](O)C(OS(=O)(=O)O)C5O)C4COCC4OC(C(=O)O)=CC(O)C4O)C(O)C3O)C(O)OC(CO)[C@@H]2O)C(O)C(OS(=O)(=O)O)[C@H]1O. The number of ether oxygens (including phenoxy) is 11. The van der Waals surface area contributed by atoms with Crippen LogP contribution in [0.2, 0.25) is 0 Å². The number of hydrogen-bond acceptors (Lipinski definition) is 32. The molecule has 84 heavy (non-hydrogen) atoms. The molecule has 0 amide bonds. The molecule has 28 atom stereocenters. The average Bonchev–Trinajstić information content (AvgIpc) is 2.82. The normalized spacial score (nSPS) is 43.3. The minimum Gasteiger partial charge on any atom is -0.479 e. The molecule has 0 spiro atoms. The van der Waals surface area contributed by atoms with Crippen molar-refractivity contribution in [2.24, 2.45) is 29.6 Å². The maximum atomic E-state index is 12.7. The molecule has 6 rings (SSSR count). The fourth-order valence-corrected chi connectivity index (χ4v) is 11.9. The molecule has 0 radical (unpaired) electrons. The minimum absolute atomic E-state index is 0.482. The lowest BCUT2D eigenvalue weighted by Gasteiger charge is -2.45. The predicted molar refractivity (Wildman–Crippen MR) is 264 cm³/mol. The number of hydrogen-bond donors (Lipinski definition) is 17. The van der Waals surface area contributed by atoms with Gasteiger partial charge in [0.15, 0.2) is 18.5 Å². The van der Waals surface area contributed by atoms with Crippen LogP contribution >= 0.6 is 0 Å². The number of carboxylic acids is 2. The number of aliphatic carboxylic acids is 2. The summed E-state index contributed by atoms with van der Waals surface area (Å²) in [5.41, 5.74) is 0. The van der Waals surface area contributed by atoms with Gasteiger partial charge < -0.3 is 129 Å². The van der Waals surface area contributed by atoms with Crippen LogP contribution in [-0.2, 0) is 90.9 Å². The molecule has 0 aromatic carbocycles. The molecule has 488 valence electrons. The first-order valence-electron chi connectivity index (χ1n) is 26.4. The second-order valence-corrected chi connectivity index (χ2v) is 23.3. The molecule has 5 fully saturated rings. The number of carbonyl (C=O) groups is 2. The summed E-state index contributed by atoms with van der Waals surface area (Å²) in [6.07, 6.45) is -36.6. The van der Waals surface area contributed by atoms with Gasteiger partial charge >= 0.3 is 32.7 Å². The summed E-state index contributed by atoms with van der Waals surface area (Å²) in [4.78, 5) is 24.4. The number of carboxylic acid groups (broad SMARTS) is 2. The standard InChI is InChI=1S/C46H76O36S2/c1-16-32(50)42(81-83(64,65)66)39(57)30(75-16)14-71-7-19-18(6-70-12-28-37(55)23(49)3-24(77-28)44(59)60)27(78-25(4-47)34(19)52)11-74-10-22-36(54)38(56)29(79-41(22)45(61)62)13-73-9-21-20(35(53)26(5-48)80-46(21)63)8-72-15-31-40(58)43(82-84(67,68)69)33(51)17(2)76-31/h3,16-23,25-43,46-58,63H,4-15H2,1-2H3,(H,59,60)(H,61,62)(H,64,65,66)(H,67,68,69)/t16?,17?,18?,19?,20?,21?,22-,23?,25?,26?,27?,28?,29?,30?,31?,32+,33+,34-,35-,36?,37?,38?,39?,40?,41?,42?,43?,46?/m1/s1. The average molecular weight is 1270 g/mol. The fraction of sp³-hybridized carbons (Fsp3) is 0.913. The lowest BCUT2D eigenvalue weighted by molar-refractivity contribution is -0.275. The summed E-state index contributed by atoms with van der Waals surface area (Å²) < 4.78 is 136. The summed E-state index contributed by atoms with van der Waals surface area (Å²) in [6.45, 7) is -4.67. The first kappa shape index (κ1) is 70.4. The van der Waals surface area contributed by atoms with Crippen molar-refractivity contribution in [1.29, 1.82) is 0 Å². The van der Waals surface area contributed by atoms with Crippen LogP contribution in [0.15, 0.2) is 11.8 Å². The van der Waals surface area contributed by atoms with Crippen LogP contribution in [0.4, 0.5) is 0 Å². The van der Waals surface area contributed by atoms with Crippen molar-refractivity contribution in [3.63, 3.8) is 0 Å². The molecular weight excluding hydrogens is 1190 g/mol. The van der Waals surface area contributed by atoms with E-state index in [1.807, 2.05) is 0 Å². The van der Waals surface area contributed by atoms with Gasteiger partial charge in [0, 0.05) is 29.6 Å². The Kier molecular flexibility index (Phi) is 25.7. The second kappa shape index (κ2) is 30.7. The van der Waals surface area contributed by atoms with E-state index in [1.54, 1.807) is 0 Å².